The molecule has 0 saturated carbocycles. The Bertz CT molecular complexity index is 413. The second-order valence-corrected chi connectivity index (χ2v) is 5.26. The molecule has 1 saturated heterocycles. The van der Waals surface area contributed by atoms with Gasteiger partial charge >= 0.3 is 0 Å². The van der Waals surface area contributed by atoms with Crippen molar-refractivity contribution in [3.8, 4) is 0 Å². The zero-order valence-electron chi connectivity index (χ0n) is 11.3. The Morgan fingerprint density at radius 2 is 2.21 bits per heavy atom. The SMILES string of the molecule is C[C@@H](NC(=O)CC1CCCNC1)c1ccc(F)cc1. The van der Waals surface area contributed by atoms with Gasteiger partial charge in [0, 0.05) is 6.42 Å². The van der Waals surface area contributed by atoms with Gasteiger partial charge in [0.15, 0.2) is 0 Å². The van der Waals surface area contributed by atoms with E-state index in [1.165, 1.54) is 12.1 Å². The highest BCUT2D eigenvalue weighted by Gasteiger charge is 2.18. The molecule has 1 aliphatic heterocycles. The van der Waals surface area contributed by atoms with Crippen molar-refractivity contribution in [2.45, 2.75) is 32.2 Å². The van der Waals surface area contributed by atoms with Crippen LogP contribution in [0.3, 0.4) is 0 Å². The van der Waals surface area contributed by atoms with E-state index in [0.29, 0.717) is 12.3 Å². The summed E-state index contributed by atoms with van der Waals surface area (Å²) in [6.07, 6.45) is 2.83. The quantitative estimate of drug-likeness (QED) is 0.876. The number of piperidine rings is 1. The lowest BCUT2D eigenvalue weighted by molar-refractivity contribution is -0.122. The first-order valence-corrected chi connectivity index (χ1v) is 6.90. The molecule has 1 unspecified atom stereocenters. The average Bonchev–Trinajstić information content (AvgIpc) is 2.40. The van der Waals surface area contributed by atoms with Crippen molar-refractivity contribution in [1.29, 1.82) is 0 Å². The molecule has 0 radical (unpaired) electrons. The first-order chi connectivity index (χ1) is 9.15. The average molecular weight is 264 g/mol. The molecule has 1 amide bonds. The van der Waals surface area contributed by atoms with Gasteiger partial charge in [-0.05, 0) is 56.5 Å². The molecule has 0 aromatic heterocycles. The Hall–Kier alpha value is -1.42. The Morgan fingerprint density at radius 1 is 1.47 bits per heavy atom. The predicted molar refractivity (Wildman–Crippen MR) is 73.2 cm³/mol. The summed E-state index contributed by atoms with van der Waals surface area (Å²) in [6, 6.07) is 6.18. The summed E-state index contributed by atoms with van der Waals surface area (Å²) >= 11 is 0. The van der Waals surface area contributed by atoms with Crippen molar-refractivity contribution in [3.05, 3.63) is 35.6 Å². The third-order valence-corrected chi connectivity index (χ3v) is 3.62. The van der Waals surface area contributed by atoms with E-state index in [-0.39, 0.29) is 17.8 Å². The largest absolute Gasteiger partial charge is 0.350 e. The van der Waals surface area contributed by atoms with Crippen LogP contribution in [0.4, 0.5) is 4.39 Å². The molecule has 104 valence electrons. The van der Waals surface area contributed by atoms with Crippen LogP contribution in [-0.2, 0) is 4.79 Å². The number of hydrogen-bond donors (Lipinski definition) is 2. The maximum absolute atomic E-state index is 12.8. The topological polar surface area (TPSA) is 41.1 Å². The summed E-state index contributed by atoms with van der Waals surface area (Å²) in [5, 5.41) is 6.28. The maximum atomic E-state index is 12.8. The van der Waals surface area contributed by atoms with Gasteiger partial charge in [-0.1, -0.05) is 12.1 Å². The van der Waals surface area contributed by atoms with Crippen LogP contribution in [0.25, 0.3) is 0 Å². The van der Waals surface area contributed by atoms with E-state index in [1.54, 1.807) is 12.1 Å². The van der Waals surface area contributed by atoms with Gasteiger partial charge in [-0.3, -0.25) is 4.79 Å². The van der Waals surface area contributed by atoms with Crippen LogP contribution in [0.1, 0.15) is 37.8 Å². The lowest BCUT2D eigenvalue weighted by atomic mass is 9.95. The van der Waals surface area contributed by atoms with E-state index >= 15 is 0 Å². The van der Waals surface area contributed by atoms with E-state index < -0.39 is 0 Å². The third kappa shape index (κ3) is 4.31. The van der Waals surface area contributed by atoms with E-state index in [4.69, 9.17) is 0 Å². The molecule has 2 N–H and O–H groups in total. The van der Waals surface area contributed by atoms with Crippen LogP contribution in [0.5, 0.6) is 0 Å². The van der Waals surface area contributed by atoms with Crippen molar-refractivity contribution in [3.63, 3.8) is 0 Å². The summed E-state index contributed by atoms with van der Waals surface area (Å²) in [7, 11) is 0. The van der Waals surface area contributed by atoms with Crippen LogP contribution in [0, 0.1) is 11.7 Å². The molecule has 1 fully saturated rings. The van der Waals surface area contributed by atoms with Crippen LogP contribution >= 0.6 is 0 Å². The molecule has 2 atom stereocenters. The fraction of sp³-hybridized carbons (Fsp3) is 0.533. The maximum Gasteiger partial charge on any atom is 0.220 e. The first kappa shape index (κ1) is 14.0. The predicted octanol–water partition coefficient (Wildman–Crippen LogP) is 2.39. The normalized spacial score (nSPS) is 20.8. The molecule has 4 heteroatoms. The number of benzene rings is 1. The summed E-state index contributed by atoms with van der Waals surface area (Å²) in [5.74, 6) is 0.259. The van der Waals surface area contributed by atoms with E-state index in [9.17, 15) is 9.18 Å². The molecule has 2 rings (SSSR count). The van der Waals surface area contributed by atoms with E-state index in [1.807, 2.05) is 6.92 Å². The van der Waals surface area contributed by atoms with E-state index in [0.717, 1.165) is 31.5 Å². The summed E-state index contributed by atoms with van der Waals surface area (Å²) in [5.41, 5.74) is 0.927. The van der Waals surface area contributed by atoms with Gasteiger partial charge in [0.1, 0.15) is 5.82 Å². The second kappa shape index (κ2) is 6.66. The first-order valence-electron chi connectivity index (χ1n) is 6.90. The fourth-order valence-electron chi connectivity index (χ4n) is 2.50. The minimum atomic E-state index is -0.254. The van der Waals surface area contributed by atoms with Gasteiger partial charge in [-0.15, -0.1) is 0 Å². The lowest BCUT2D eigenvalue weighted by Gasteiger charge is -2.23. The number of nitrogens with one attached hydrogen (secondary N) is 2. The van der Waals surface area contributed by atoms with Gasteiger partial charge < -0.3 is 10.6 Å². The second-order valence-electron chi connectivity index (χ2n) is 5.26. The molecule has 1 aliphatic rings. The summed E-state index contributed by atoms with van der Waals surface area (Å²) in [4.78, 5) is 11.9. The van der Waals surface area contributed by atoms with Crippen LogP contribution in [0.15, 0.2) is 24.3 Å². The van der Waals surface area contributed by atoms with Crippen molar-refractivity contribution >= 4 is 5.91 Å². The molecular weight excluding hydrogens is 243 g/mol. The summed E-state index contributed by atoms with van der Waals surface area (Å²) < 4.78 is 12.8. The fourth-order valence-corrected chi connectivity index (χ4v) is 2.50. The molecule has 3 nitrogen and oxygen atoms in total. The van der Waals surface area contributed by atoms with Crippen molar-refractivity contribution in [1.82, 2.24) is 10.6 Å². The number of halogens is 1. The summed E-state index contributed by atoms with van der Waals surface area (Å²) in [6.45, 7) is 3.91. The van der Waals surface area contributed by atoms with Crippen molar-refractivity contribution in [2.24, 2.45) is 5.92 Å². The minimum Gasteiger partial charge on any atom is -0.350 e. The van der Waals surface area contributed by atoms with Gasteiger partial charge in [0.25, 0.3) is 0 Å². The Balaban J connectivity index is 1.82. The zero-order chi connectivity index (χ0) is 13.7. The number of rotatable bonds is 4. The number of hydrogen-bond acceptors (Lipinski definition) is 2. The number of carbonyl (C=O) groups is 1. The van der Waals surface area contributed by atoms with Gasteiger partial charge in [0.05, 0.1) is 6.04 Å². The molecular formula is C15H21FN2O. The molecule has 0 aliphatic carbocycles. The van der Waals surface area contributed by atoms with Crippen LogP contribution < -0.4 is 10.6 Å². The molecule has 0 bridgehead atoms. The van der Waals surface area contributed by atoms with Gasteiger partial charge in [-0.2, -0.15) is 0 Å². The molecule has 0 spiro atoms. The van der Waals surface area contributed by atoms with Crippen LogP contribution in [0.2, 0.25) is 0 Å². The Kier molecular flexibility index (Phi) is 4.91. The van der Waals surface area contributed by atoms with E-state index in [2.05, 4.69) is 10.6 Å². The highest BCUT2D eigenvalue weighted by Crippen LogP contribution is 2.16. The van der Waals surface area contributed by atoms with Gasteiger partial charge in [-0.25, -0.2) is 4.39 Å². The monoisotopic (exact) mass is 264 g/mol. The number of carbonyl (C=O) groups excluding carboxylic acids is 1. The molecule has 1 aromatic carbocycles. The molecule has 1 heterocycles. The van der Waals surface area contributed by atoms with Crippen LogP contribution in [-0.4, -0.2) is 19.0 Å². The Morgan fingerprint density at radius 3 is 2.84 bits per heavy atom. The highest BCUT2D eigenvalue weighted by atomic mass is 19.1. The molecule has 1 aromatic rings. The zero-order valence-corrected chi connectivity index (χ0v) is 11.3. The van der Waals surface area contributed by atoms with Crippen molar-refractivity contribution < 1.29 is 9.18 Å². The van der Waals surface area contributed by atoms with Crippen molar-refractivity contribution in [2.75, 3.05) is 13.1 Å². The minimum absolute atomic E-state index is 0.0746. The Labute approximate surface area is 113 Å². The highest BCUT2D eigenvalue weighted by molar-refractivity contribution is 5.76. The molecule has 19 heavy (non-hydrogen) atoms. The standard InChI is InChI=1S/C15H21FN2O/c1-11(13-4-6-14(16)7-5-13)18-15(19)9-12-3-2-8-17-10-12/h4-7,11-12,17H,2-3,8-10H2,1H3,(H,18,19)/t11-,12?/m1/s1. The smallest absolute Gasteiger partial charge is 0.220 e. The third-order valence-electron chi connectivity index (χ3n) is 3.62. The lowest BCUT2D eigenvalue weighted by Crippen LogP contribution is -2.35. The van der Waals surface area contributed by atoms with Gasteiger partial charge in [0.2, 0.25) is 5.91 Å². The number of amides is 1.